The van der Waals surface area contributed by atoms with E-state index in [1.807, 2.05) is 31.3 Å². The molecule has 0 spiro atoms. The van der Waals surface area contributed by atoms with E-state index in [4.69, 9.17) is 5.73 Å². The number of rotatable bonds is 5. The van der Waals surface area contributed by atoms with Crippen molar-refractivity contribution in [2.75, 3.05) is 17.2 Å². The summed E-state index contributed by atoms with van der Waals surface area (Å²) in [5, 5.41) is 0. The van der Waals surface area contributed by atoms with Crippen molar-refractivity contribution in [3.63, 3.8) is 0 Å². The molecule has 19 heavy (non-hydrogen) atoms. The van der Waals surface area contributed by atoms with Crippen LogP contribution in [0.4, 0.5) is 11.5 Å². The molecule has 0 unspecified atom stereocenters. The number of hydrogen-bond donors (Lipinski definition) is 1. The molecule has 0 saturated carbocycles. The summed E-state index contributed by atoms with van der Waals surface area (Å²) < 4.78 is 0. The van der Waals surface area contributed by atoms with E-state index in [1.165, 1.54) is 5.56 Å². The first-order valence-electron chi connectivity index (χ1n) is 6.58. The number of aryl methyl sites for hydroxylation is 1. The Kier molecular flexibility index (Phi) is 4.34. The Hall–Kier alpha value is -2.10. The van der Waals surface area contributed by atoms with Crippen molar-refractivity contribution in [2.45, 2.75) is 26.8 Å². The predicted octanol–water partition coefficient (Wildman–Crippen LogP) is 2.78. The quantitative estimate of drug-likeness (QED) is 0.836. The van der Waals surface area contributed by atoms with E-state index in [0.717, 1.165) is 36.8 Å². The lowest BCUT2D eigenvalue weighted by Gasteiger charge is -2.23. The van der Waals surface area contributed by atoms with Gasteiger partial charge in [-0.05, 0) is 37.1 Å². The zero-order chi connectivity index (χ0) is 13.7. The number of aromatic nitrogens is 2. The maximum atomic E-state index is 5.71. The number of nitrogens with zero attached hydrogens (tertiary/aromatic N) is 3. The molecule has 0 bridgehead atoms. The van der Waals surface area contributed by atoms with Crippen LogP contribution in [0.25, 0.3) is 0 Å². The number of nitrogen functional groups attached to an aromatic ring is 1. The van der Waals surface area contributed by atoms with E-state index >= 15 is 0 Å². The fourth-order valence-corrected chi connectivity index (χ4v) is 2.01. The summed E-state index contributed by atoms with van der Waals surface area (Å²) in [4.78, 5) is 10.9. The van der Waals surface area contributed by atoms with Crippen LogP contribution in [0.2, 0.25) is 0 Å². The van der Waals surface area contributed by atoms with Gasteiger partial charge in [-0.2, -0.15) is 0 Å². The van der Waals surface area contributed by atoms with Crippen molar-refractivity contribution < 1.29 is 0 Å². The Labute approximate surface area is 114 Å². The molecule has 100 valence electrons. The molecule has 2 rings (SSSR count). The van der Waals surface area contributed by atoms with Crippen LogP contribution in [0.15, 0.2) is 36.5 Å². The van der Waals surface area contributed by atoms with Crippen LogP contribution in [0.3, 0.4) is 0 Å². The van der Waals surface area contributed by atoms with Gasteiger partial charge in [-0.3, -0.25) is 0 Å². The van der Waals surface area contributed by atoms with Gasteiger partial charge in [-0.1, -0.05) is 19.1 Å². The zero-order valence-corrected chi connectivity index (χ0v) is 11.5. The third-order valence-corrected chi connectivity index (χ3v) is 2.93. The van der Waals surface area contributed by atoms with Gasteiger partial charge in [0.25, 0.3) is 0 Å². The highest BCUT2D eigenvalue weighted by molar-refractivity contribution is 5.42. The first-order valence-corrected chi connectivity index (χ1v) is 6.58. The lowest BCUT2D eigenvalue weighted by molar-refractivity contribution is 0.749. The van der Waals surface area contributed by atoms with Crippen molar-refractivity contribution in [3.05, 3.63) is 47.9 Å². The van der Waals surface area contributed by atoms with Crippen molar-refractivity contribution >= 4 is 11.5 Å². The van der Waals surface area contributed by atoms with Gasteiger partial charge < -0.3 is 10.6 Å². The van der Waals surface area contributed by atoms with Gasteiger partial charge in [-0.15, -0.1) is 0 Å². The maximum absolute atomic E-state index is 5.71. The lowest BCUT2D eigenvalue weighted by Crippen LogP contribution is -2.24. The summed E-state index contributed by atoms with van der Waals surface area (Å²) in [5.41, 5.74) is 7.74. The molecular weight excluding hydrogens is 236 g/mol. The van der Waals surface area contributed by atoms with Gasteiger partial charge in [0, 0.05) is 25.0 Å². The van der Waals surface area contributed by atoms with Gasteiger partial charge in [0.05, 0.1) is 0 Å². The minimum absolute atomic E-state index is 0.795. The highest BCUT2D eigenvalue weighted by Crippen LogP contribution is 2.15. The van der Waals surface area contributed by atoms with Crippen LogP contribution in [0, 0.1) is 6.92 Å². The van der Waals surface area contributed by atoms with E-state index in [9.17, 15) is 0 Å². The first kappa shape index (κ1) is 13.3. The first-order chi connectivity index (χ1) is 9.19. The molecule has 0 amide bonds. The van der Waals surface area contributed by atoms with Crippen LogP contribution >= 0.6 is 0 Å². The molecule has 0 atom stereocenters. The number of anilines is 2. The molecule has 1 heterocycles. The molecule has 4 heteroatoms. The molecular formula is C15H20N4. The Balaban J connectivity index is 2.18. The molecule has 1 aromatic carbocycles. The predicted molar refractivity (Wildman–Crippen MR) is 79.0 cm³/mol. The summed E-state index contributed by atoms with van der Waals surface area (Å²) in [5.74, 6) is 1.78. The normalized spacial score (nSPS) is 10.4. The topological polar surface area (TPSA) is 55.0 Å². The molecule has 0 aliphatic heterocycles. The monoisotopic (exact) mass is 256 g/mol. The van der Waals surface area contributed by atoms with Gasteiger partial charge >= 0.3 is 0 Å². The van der Waals surface area contributed by atoms with E-state index in [1.54, 1.807) is 0 Å². The van der Waals surface area contributed by atoms with Gasteiger partial charge in [0.15, 0.2) is 0 Å². The summed E-state index contributed by atoms with van der Waals surface area (Å²) >= 11 is 0. The minimum Gasteiger partial charge on any atom is -0.399 e. The average molecular weight is 256 g/mol. The van der Waals surface area contributed by atoms with Gasteiger partial charge in [-0.25, -0.2) is 9.97 Å². The number of nitrogens with two attached hydrogens (primary N) is 1. The van der Waals surface area contributed by atoms with Gasteiger partial charge in [0.1, 0.15) is 11.6 Å². The number of benzene rings is 1. The minimum atomic E-state index is 0.795. The van der Waals surface area contributed by atoms with Crippen LogP contribution in [-0.2, 0) is 6.54 Å². The average Bonchev–Trinajstić information content (AvgIpc) is 2.41. The maximum Gasteiger partial charge on any atom is 0.132 e. The van der Waals surface area contributed by atoms with E-state index in [-0.39, 0.29) is 0 Å². The highest BCUT2D eigenvalue weighted by Gasteiger charge is 2.08. The summed E-state index contributed by atoms with van der Waals surface area (Å²) in [7, 11) is 0. The third-order valence-electron chi connectivity index (χ3n) is 2.93. The highest BCUT2D eigenvalue weighted by atomic mass is 15.2. The molecule has 2 N–H and O–H groups in total. The van der Waals surface area contributed by atoms with Crippen LogP contribution < -0.4 is 10.6 Å². The molecule has 0 aliphatic carbocycles. The fourth-order valence-electron chi connectivity index (χ4n) is 2.01. The van der Waals surface area contributed by atoms with E-state index in [2.05, 4.69) is 33.9 Å². The zero-order valence-electron chi connectivity index (χ0n) is 11.5. The molecule has 2 aromatic rings. The molecule has 4 nitrogen and oxygen atoms in total. The van der Waals surface area contributed by atoms with E-state index < -0.39 is 0 Å². The largest absolute Gasteiger partial charge is 0.399 e. The van der Waals surface area contributed by atoms with Crippen molar-refractivity contribution in [3.8, 4) is 0 Å². The Morgan fingerprint density at radius 1 is 1.16 bits per heavy atom. The fraction of sp³-hybridized carbons (Fsp3) is 0.333. The van der Waals surface area contributed by atoms with Crippen molar-refractivity contribution in [2.24, 2.45) is 0 Å². The SMILES string of the molecule is CCCN(Cc1ccc(N)cc1)c1ccnc(C)n1. The van der Waals surface area contributed by atoms with Gasteiger partial charge in [0.2, 0.25) is 0 Å². The Morgan fingerprint density at radius 3 is 2.53 bits per heavy atom. The molecule has 0 fully saturated rings. The Morgan fingerprint density at radius 2 is 1.89 bits per heavy atom. The molecule has 0 aliphatic rings. The smallest absolute Gasteiger partial charge is 0.132 e. The summed E-state index contributed by atoms with van der Waals surface area (Å²) in [6, 6.07) is 9.95. The van der Waals surface area contributed by atoms with Crippen LogP contribution in [0.1, 0.15) is 24.7 Å². The second-order valence-electron chi connectivity index (χ2n) is 4.63. The second-order valence-corrected chi connectivity index (χ2v) is 4.63. The summed E-state index contributed by atoms with van der Waals surface area (Å²) in [6.45, 7) is 5.90. The van der Waals surface area contributed by atoms with Crippen molar-refractivity contribution in [1.82, 2.24) is 9.97 Å². The standard InChI is InChI=1S/C15H20N4/c1-3-10-19(15-8-9-17-12(2)18-15)11-13-4-6-14(16)7-5-13/h4-9H,3,10-11,16H2,1-2H3. The van der Waals surface area contributed by atoms with Crippen LogP contribution in [0.5, 0.6) is 0 Å². The second kappa shape index (κ2) is 6.18. The molecule has 0 saturated heterocycles. The number of hydrogen-bond acceptors (Lipinski definition) is 4. The van der Waals surface area contributed by atoms with Crippen molar-refractivity contribution in [1.29, 1.82) is 0 Å². The molecule has 1 aromatic heterocycles. The van der Waals surface area contributed by atoms with Crippen LogP contribution in [-0.4, -0.2) is 16.5 Å². The lowest BCUT2D eigenvalue weighted by atomic mass is 10.2. The Bertz CT molecular complexity index is 522. The third kappa shape index (κ3) is 3.68. The van der Waals surface area contributed by atoms with E-state index in [0.29, 0.717) is 0 Å². The molecule has 0 radical (unpaired) electrons. The summed E-state index contributed by atoms with van der Waals surface area (Å²) in [6.07, 6.45) is 2.89.